The van der Waals surface area contributed by atoms with Crippen molar-refractivity contribution in [3.63, 3.8) is 0 Å². The molecule has 3 atom stereocenters. The fraction of sp³-hybridized carbons (Fsp3) is 0.632. The fourth-order valence-electron chi connectivity index (χ4n) is 3.73. The molecule has 0 spiro atoms. The maximum Gasteiger partial charge on any atom is 0.317 e. The van der Waals surface area contributed by atoms with E-state index in [0.29, 0.717) is 25.6 Å². The highest BCUT2D eigenvalue weighted by Gasteiger charge is 2.31. The van der Waals surface area contributed by atoms with Crippen LogP contribution in [-0.2, 0) is 4.74 Å². The highest BCUT2D eigenvalue weighted by Crippen LogP contribution is 2.21. The van der Waals surface area contributed by atoms with Gasteiger partial charge < -0.3 is 20.1 Å². The predicted molar refractivity (Wildman–Crippen MR) is 96.6 cm³/mol. The number of aliphatic hydroxyl groups is 1. The molecule has 138 valence electrons. The minimum absolute atomic E-state index is 0.0169. The van der Waals surface area contributed by atoms with E-state index in [1.165, 1.54) is 0 Å². The molecule has 2 heterocycles. The van der Waals surface area contributed by atoms with E-state index in [4.69, 9.17) is 4.74 Å². The molecule has 2 aliphatic heterocycles. The Labute approximate surface area is 149 Å². The third-order valence-corrected chi connectivity index (χ3v) is 5.12. The van der Waals surface area contributed by atoms with Crippen LogP contribution in [0, 0.1) is 0 Å². The normalized spacial score (nSPS) is 23.6. The summed E-state index contributed by atoms with van der Waals surface area (Å²) >= 11 is 0. The summed E-state index contributed by atoms with van der Waals surface area (Å²) in [6.45, 7) is 7.18. The van der Waals surface area contributed by atoms with Gasteiger partial charge in [0, 0.05) is 38.6 Å². The van der Waals surface area contributed by atoms with E-state index < -0.39 is 6.10 Å². The molecule has 6 heteroatoms. The van der Waals surface area contributed by atoms with Crippen molar-refractivity contribution in [1.29, 1.82) is 0 Å². The second-order valence-corrected chi connectivity index (χ2v) is 7.09. The van der Waals surface area contributed by atoms with Gasteiger partial charge in [-0.2, -0.15) is 0 Å². The number of hydrogen-bond donors (Lipinski definition) is 2. The number of nitrogens with zero attached hydrogens (tertiary/aromatic N) is 2. The lowest BCUT2D eigenvalue weighted by Gasteiger charge is -2.43. The molecule has 0 saturated carbocycles. The zero-order valence-electron chi connectivity index (χ0n) is 14.9. The van der Waals surface area contributed by atoms with E-state index >= 15 is 0 Å². The van der Waals surface area contributed by atoms with Crippen molar-refractivity contribution < 1.29 is 14.6 Å². The zero-order chi connectivity index (χ0) is 17.6. The average molecular weight is 347 g/mol. The van der Waals surface area contributed by atoms with Crippen LogP contribution >= 0.6 is 0 Å². The lowest BCUT2D eigenvalue weighted by Crippen LogP contribution is -2.60. The summed E-state index contributed by atoms with van der Waals surface area (Å²) < 4.78 is 5.54. The van der Waals surface area contributed by atoms with Crippen molar-refractivity contribution >= 4 is 6.03 Å². The van der Waals surface area contributed by atoms with E-state index in [1.807, 2.05) is 23.1 Å². The molecule has 6 nitrogen and oxygen atoms in total. The molecular weight excluding hydrogens is 318 g/mol. The van der Waals surface area contributed by atoms with Crippen molar-refractivity contribution in [2.75, 3.05) is 45.9 Å². The minimum atomic E-state index is -0.398. The van der Waals surface area contributed by atoms with Crippen molar-refractivity contribution in [3.8, 4) is 0 Å². The van der Waals surface area contributed by atoms with Crippen LogP contribution < -0.4 is 5.32 Å². The first kappa shape index (κ1) is 18.2. The van der Waals surface area contributed by atoms with Crippen molar-refractivity contribution in [2.45, 2.75) is 31.4 Å². The predicted octanol–water partition coefficient (Wildman–Crippen LogP) is 1.27. The largest absolute Gasteiger partial charge is 0.393 e. The summed E-state index contributed by atoms with van der Waals surface area (Å²) in [7, 11) is 0. The van der Waals surface area contributed by atoms with Crippen LogP contribution in [0.3, 0.4) is 0 Å². The van der Waals surface area contributed by atoms with Crippen LogP contribution in [0.4, 0.5) is 4.79 Å². The molecule has 3 unspecified atom stereocenters. The van der Waals surface area contributed by atoms with Crippen LogP contribution in [0.1, 0.15) is 24.8 Å². The molecule has 1 aromatic rings. The number of nitrogens with one attached hydrogen (secondary N) is 1. The molecule has 25 heavy (non-hydrogen) atoms. The Morgan fingerprint density at radius 1 is 1.32 bits per heavy atom. The van der Waals surface area contributed by atoms with Crippen LogP contribution in [0.5, 0.6) is 0 Å². The molecule has 2 N–H and O–H groups in total. The van der Waals surface area contributed by atoms with Gasteiger partial charge in [-0.05, 0) is 18.9 Å². The number of urea groups is 1. The smallest absolute Gasteiger partial charge is 0.317 e. The number of rotatable bonds is 5. The Bertz CT molecular complexity index is 552. The number of hydrogen-bond acceptors (Lipinski definition) is 4. The fourth-order valence-corrected chi connectivity index (χ4v) is 3.73. The molecule has 0 aliphatic carbocycles. The summed E-state index contributed by atoms with van der Waals surface area (Å²) in [5.74, 6) is 0.115. The Morgan fingerprint density at radius 2 is 2.12 bits per heavy atom. The molecule has 3 rings (SSSR count). The Balaban J connectivity index is 1.54. The summed E-state index contributed by atoms with van der Waals surface area (Å²) in [6.07, 6.45) is 0.235. The second kappa shape index (κ2) is 8.65. The number of fused-ring (bicyclic) bond motifs is 1. The molecule has 1 aromatic carbocycles. The Kier molecular flexibility index (Phi) is 6.29. The number of benzene rings is 1. The van der Waals surface area contributed by atoms with Gasteiger partial charge in [-0.3, -0.25) is 4.90 Å². The molecule has 2 saturated heterocycles. The van der Waals surface area contributed by atoms with Gasteiger partial charge >= 0.3 is 6.03 Å². The number of amides is 2. The quantitative estimate of drug-likeness (QED) is 0.842. The first-order valence-electron chi connectivity index (χ1n) is 9.21. The van der Waals surface area contributed by atoms with Gasteiger partial charge in [0.15, 0.2) is 0 Å². The van der Waals surface area contributed by atoms with E-state index in [0.717, 1.165) is 38.3 Å². The van der Waals surface area contributed by atoms with Crippen molar-refractivity contribution in [2.24, 2.45) is 0 Å². The lowest BCUT2D eigenvalue weighted by atomic mass is 9.93. The van der Waals surface area contributed by atoms with Gasteiger partial charge in [0.2, 0.25) is 0 Å². The number of carbonyl (C=O) groups excluding carboxylic acids is 1. The number of piperazine rings is 1. The van der Waals surface area contributed by atoms with E-state index in [-0.39, 0.29) is 11.9 Å². The third kappa shape index (κ3) is 4.93. The molecule has 0 radical (unpaired) electrons. The average Bonchev–Trinajstić information content (AvgIpc) is 2.65. The molecular formula is C19H29N3O3. The molecule has 0 aromatic heterocycles. The number of ether oxygens (including phenoxy) is 1. The maximum absolute atomic E-state index is 12.6. The minimum Gasteiger partial charge on any atom is -0.393 e. The first-order valence-corrected chi connectivity index (χ1v) is 9.21. The van der Waals surface area contributed by atoms with Crippen LogP contribution in [0.15, 0.2) is 30.3 Å². The monoisotopic (exact) mass is 347 g/mol. The van der Waals surface area contributed by atoms with Gasteiger partial charge in [-0.25, -0.2) is 4.79 Å². The second-order valence-electron chi connectivity index (χ2n) is 7.09. The SMILES string of the molecule is CC(O)CC(CNC(=O)N1CCN2CCOCC2C1)c1ccccc1. The Morgan fingerprint density at radius 3 is 2.88 bits per heavy atom. The van der Waals surface area contributed by atoms with Crippen LogP contribution in [-0.4, -0.2) is 79.0 Å². The Hall–Kier alpha value is -1.63. The van der Waals surface area contributed by atoms with E-state index in [1.54, 1.807) is 6.92 Å². The summed E-state index contributed by atoms with van der Waals surface area (Å²) in [5, 5.41) is 12.9. The van der Waals surface area contributed by atoms with E-state index in [2.05, 4.69) is 22.3 Å². The first-order chi connectivity index (χ1) is 12.1. The molecule has 2 amide bonds. The number of carbonyl (C=O) groups is 1. The highest BCUT2D eigenvalue weighted by molar-refractivity contribution is 5.74. The molecule has 0 bridgehead atoms. The van der Waals surface area contributed by atoms with Crippen molar-refractivity contribution in [1.82, 2.24) is 15.1 Å². The summed E-state index contributed by atoms with van der Waals surface area (Å²) in [6, 6.07) is 10.4. The third-order valence-electron chi connectivity index (χ3n) is 5.12. The van der Waals surface area contributed by atoms with Crippen LogP contribution in [0.2, 0.25) is 0 Å². The summed E-state index contributed by atoms with van der Waals surface area (Å²) in [5.41, 5.74) is 1.15. The summed E-state index contributed by atoms with van der Waals surface area (Å²) in [4.78, 5) is 16.9. The van der Waals surface area contributed by atoms with Gasteiger partial charge in [0.25, 0.3) is 0 Å². The van der Waals surface area contributed by atoms with Crippen LogP contribution in [0.25, 0.3) is 0 Å². The van der Waals surface area contributed by atoms with E-state index in [9.17, 15) is 9.90 Å². The maximum atomic E-state index is 12.6. The van der Waals surface area contributed by atoms with Gasteiger partial charge in [-0.1, -0.05) is 30.3 Å². The van der Waals surface area contributed by atoms with Gasteiger partial charge in [-0.15, -0.1) is 0 Å². The lowest BCUT2D eigenvalue weighted by molar-refractivity contribution is -0.0365. The van der Waals surface area contributed by atoms with Crippen molar-refractivity contribution in [3.05, 3.63) is 35.9 Å². The topological polar surface area (TPSA) is 65.0 Å². The molecule has 2 aliphatic rings. The number of aliphatic hydroxyl groups excluding tert-OH is 1. The zero-order valence-corrected chi connectivity index (χ0v) is 14.9. The van der Waals surface area contributed by atoms with Gasteiger partial charge in [0.1, 0.15) is 0 Å². The van der Waals surface area contributed by atoms with Gasteiger partial charge in [0.05, 0.1) is 25.4 Å². The highest BCUT2D eigenvalue weighted by atomic mass is 16.5. The standard InChI is InChI=1S/C19H29N3O3/c1-15(23)11-17(16-5-3-2-4-6-16)12-20-19(24)22-8-7-21-9-10-25-14-18(21)13-22/h2-6,15,17-18,23H,7-14H2,1H3,(H,20,24). The molecule has 2 fully saturated rings. The number of morpholine rings is 1.